The molecule has 27 heavy (non-hydrogen) atoms. The van der Waals surface area contributed by atoms with Gasteiger partial charge in [0.05, 0.1) is 18.3 Å². The van der Waals surface area contributed by atoms with E-state index < -0.39 is 0 Å². The first-order valence-corrected chi connectivity index (χ1v) is 9.31. The molecule has 1 aromatic heterocycles. The summed E-state index contributed by atoms with van der Waals surface area (Å²) in [6.45, 7) is 0. The van der Waals surface area contributed by atoms with Crippen LogP contribution in [0.5, 0.6) is 5.75 Å². The molecule has 1 atom stereocenters. The number of rotatable bonds is 2. The van der Waals surface area contributed by atoms with Gasteiger partial charge in [-0.3, -0.25) is 9.78 Å². The number of fused-ring (bicyclic) bond motifs is 3. The number of nitrogens with zero attached hydrogens (tertiary/aromatic N) is 1. The lowest BCUT2D eigenvalue weighted by atomic mass is 9.75. The van der Waals surface area contributed by atoms with Crippen LogP contribution in [0.25, 0.3) is 10.9 Å². The molecule has 134 valence electrons. The Labute approximate surface area is 157 Å². The van der Waals surface area contributed by atoms with Crippen molar-refractivity contribution < 1.29 is 9.53 Å². The number of carbonyl (C=O) groups excluding carboxylic acids is 1. The zero-order valence-corrected chi connectivity index (χ0v) is 15.2. The Morgan fingerprint density at radius 3 is 2.74 bits per heavy atom. The predicted octanol–water partition coefficient (Wildman–Crippen LogP) is 4.81. The molecule has 0 spiro atoms. The Hall–Kier alpha value is -3.14. The molecule has 2 aromatic carbocycles. The van der Waals surface area contributed by atoms with Crippen molar-refractivity contribution in [2.45, 2.75) is 25.2 Å². The summed E-state index contributed by atoms with van der Waals surface area (Å²) >= 11 is 0. The van der Waals surface area contributed by atoms with E-state index in [1.165, 1.54) is 0 Å². The van der Waals surface area contributed by atoms with Gasteiger partial charge < -0.3 is 10.1 Å². The van der Waals surface area contributed by atoms with Crippen molar-refractivity contribution in [2.75, 3.05) is 12.4 Å². The third kappa shape index (κ3) is 2.52. The summed E-state index contributed by atoms with van der Waals surface area (Å²) < 4.78 is 5.31. The van der Waals surface area contributed by atoms with Crippen LogP contribution in [0.1, 0.15) is 36.3 Å². The van der Waals surface area contributed by atoms with E-state index in [1.54, 1.807) is 7.11 Å². The average molecular weight is 356 g/mol. The highest BCUT2D eigenvalue weighted by molar-refractivity contribution is 6.04. The molecule has 0 saturated carbocycles. The molecule has 1 aliphatic heterocycles. The first kappa shape index (κ1) is 16.1. The number of methoxy groups -OCH3 is 1. The van der Waals surface area contributed by atoms with Gasteiger partial charge >= 0.3 is 0 Å². The van der Waals surface area contributed by atoms with Gasteiger partial charge in [-0.05, 0) is 54.3 Å². The molecule has 4 heteroatoms. The number of ketones is 1. The standard InChI is InChI=1S/C23H20N2O2/c1-27-15-9-7-14(8-10-15)21-17-11-12-18-16(4-3-13-24-18)23(17)25-19-5-2-6-20(26)22(19)21/h3-4,7-13,21,25H,2,5-6H2,1H3/t21-/m1/s1. The van der Waals surface area contributed by atoms with E-state index in [1.807, 2.05) is 30.5 Å². The van der Waals surface area contributed by atoms with E-state index in [0.717, 1.165) is 57.6 Å². The number of pyridine rings is 1. The number of hydrogen-bond donors (Lipinski definition) is 1. The smallest absolute Gasteiger partial charge is 0.161 e. The first-order chi connectivity index (χ1) is 13.3. The van der Waals surface area contributed by atoms with Gasteiger partial charge in [0, 0.05) is 35.2 Å². The Bertz CT molecular complexity index is 1080. The van der Waals surface area contributed by atoms with Crippen molar-refractivity contribution in [2.24, 2.45) is 0 Å². The minimum Gasteiger partial charge on any atom is -0.497 e. The van der Waals surface area contributed by atoms with E-state index in [-0.39, 0.29) is 11.7 Å². The maximum absolute atomic E-state index is 12.9. The highest BCUT2D eigenvalue weighted by Gasteiger charge is 2.35. The molecule has 2 aliphatic rings. The minimum absolute atomic E-state index is 0.0560. The number of aromatic nitrogens is 1. The fraction of sp³-hybridized carbons (Fsp3) is 0.217. The molecule has 1 aliphatic carbocycles. The Morgan fingerprint density at radius 2 is 1.93 bits per heavy atom. The molecule has 5 rings (SSSR count). The van der Waals surface area contributed by atoms with Crippen LogP contribution >= 0.6 is 0 Å². The number of allylic oxidation sites excluding steroid dienone is 2. The second kappa shape index (κ2) is 6.23. The van der Waals surface area contributed by atoms with Gasteiger partial charge in [-0.1, -0.05) is 18.2 Å². The molecule has 1 N–H and O–H groups in total. The normalized spacial score (nSPS) is 18.7. The monoisotopic (exact) mass is 356 g/mol. The van der Waals surface area contributed by atoms with Gasteiger partial charge in [0.25, 0.3) is 0 Å². The highest BCUT2D eigenvalue weighted by atomic mass is 16.5. The topological polar surface area (TPSA) is 51.2 Å². The van der Waals surface area contributed by atoms with E-state index in [0.29, 0.717) is 6.42 Å². The van der Waals surface area contributed by atoms with Gasteiger partial charge in [-0.15, -0.1) is 0 Å². The first-order valence-electron chi connectivity index (χ1n) is 9.31. The molecule has 0 amide bonds. The molecule has 0 bridgehead atoms. The number of nitrogens with one attached hydrogen (secondary N) is 1. The Morgan fingerprint density at radius 1 is 1.07 bits per heavy atom. The second-order valence-electron chi connectivity index (χ2n) is 7.10. The van der Waals surface area contributed by atoms with E-state index in [2.05, 4.69) is 34.6 Å². The molecule has 0 unspecified atom stereocenters. The fourth-order valence-corrected chi connectivity index (χ4v) is 4.33. The van der Waals surface area contributed by atoms with Crippen LogP contribution < -0.4 is 10.1 Å². The fourth-order valence-electron chi connectivity index (χ4n) is 4.33. The average Bonchev–Trinajstić information content (AvgIpc) is 2.72. The second-order valence-corrected chi connectivity index (χ2v) is 7.10. The molecule has 2 heterocycles. The lowest BCUT2D eigenvalue weighted by Gasteiger charge is -2.34. The Kier molecular flexibility index (Phi) is 3.71. The zero-order chi connectivity index (χ0) is 18.4. The van der Waals surface area contributed by atoms with Crippen LogP contribution in [0.15, 0.2) is 66.0 Å². The van der Waals surface area contributed by atoms with Crippen LogP contribution in [0, 0.1) is 0 Å². The molecule has 0 saturated heterocycles. The van der Waals surface area contributed by atoms with Crippen LogP contribution in [-0.2, 0) is 4.79 Å². The quantitative estimate of drug-likeness (QED) is 0.716. The van der Waals surface area contributed by atoms with Crippen LogP contribution in [-0.4, -0.2) is 17.9 Å². The van der Waals surface area contributed by atoms with Crippen molar-refractivity contribution in [3.05, 3.63) is 77.1 Å². The summed E-state index contributed by atoms with van der Waals surface area (Å²) in [4.78, 5) is 17.4. The van der Waals surface area contributed by atoms with Crippen molar-refractivity contribution in [3.8, 4) is 5.75 Å². The number of hydrogen-bond acceptors (Lipinski definition) is 4. The molecule has 0 radical (unpaired) electrons. The third-order valence-electron chi connectivity index (χ3n) is 5.60. The lowest BCUT2D eigenvalue weighted by Crippen LogP contribution is -2.27. The van der Waals surface area contributed by atoms with Gasteiger partial charge in [0.15, 0.2) is 5.78 Å². The SMILES string of the molecule is COc1ccc([C@H]2C3=C(CCCC3=O)Nc3c2ccc2ncccc32)cc1. The largest absolute Gasteiger partial charge is 0.497 e. The van der Waals surface area contributed by atoms with Crippen molar-refractivity contribution in [1.82, 2.24) is 4.98 Å². The lowest BCUT2D eigenvalue weighted by molar-refractivity contribution is -0.116. The number of carbonyl (C=O) groups is 1. The van der Waals surface area contributed by atoms with Gasteiger partial charge in [-0.25, -0.2) is 0 Å². The molecule has 4 nitrogen and oxygen atoms in total. The molecule has 3 aromatic rings. The van der Waals surface area contributed by atoms with Crippen molar-refractivity contribution >= 4 is 22.4 Å². The van der Waals surface area contributed by atoms with E-state index >= 15 is 0 Å². The highest BCUT2D eigenvalue weighted by Crippen LogP contribution is 2.47. The number of Topliss-reactive ketones (excluding diaryl/α,β-unsaturated/α-hetero) is 1. The third-order valence-corrected chi connectivity index (χ3v) is 5.60. The maximum Gasteiger partial charge on any atom is 0.161 e. The number of anilines is 1. The summed E-state index contributed by atoms with van der Waals surface area (Å²) in [5.41, 5.74) is 6.27. The predicted molar refractivity (Wildman–Crippen MR) is 106 cm³/mol. The van der Waals surface area contributed by atoms with E-state index in [9.17, 15) is 4.79 Å². The van der Waals surface area contributed by atoms with E-state index in [4.69, 9.17) is 4.74 Å². The Balaban J connectivity index is 1.76. The van der Waals surface area contributed by atoms with Gasteiger partial charge in [0.1, 0.15) is 5.75 Å². The van der Waals surface area contributed by atoms with Crippen molar-refractivity contribution in [1.29, 1.82) is 0 Å². The zero-order valence-electron chi connectivity index (χ0n) is 15.2. The van der Waals surface area contributed by atoms with Crippen LogP contribution in [0.2, 0.25) is 0 Å². The molecular weight excluding hydrogens is 336 g/mol. The van der Waals surface area contributed by atoms with Crippen LogP contribution in [0.4, 0.5) is 5.69 Å². The summed E-state index contributed by atoms with van der Waals surface area (Å²) in [6.07, 6.45) is 4.24. The van der Waals surface area contributed by atoms with Gasteiger partial charge in [-0.2, -0.15) is 0 Å². The van der Waals surface area contributed by atoms with Gasteiger partial charge in [0.2, 0.25) is 0 Å². The summed E-state index contributed by atoms with van der Waals surface area (Å²) in [5.74, 6) is 1.01. The number of benzene rings is 2. The van der Waals surface area contributed by atoms with Crippen LogP contribution in [0.3, 0.4) is 0 Å². The summed E-state index contributed by atoms with van der Waals surface area (Å²) in [5, 5.41) is 4.68. The molecule has 0 fully saturated rings. The summed E-state index contributed by atoms with van der Waals surface area (Å²) in [7, 11) is 1.67. The van der Waals surface area contributed by atoms with Crippen molar-refractivity contribution in [3.63, 3.8) is 0 Å². The summed E-state index contributed by atoms with van der Waals surface area (Å²) in [6, 6.07) is 16.3. The number of ether oxygens (including phenoxy) is 1. The maximum atomic E-state index is 12.9. The minimum atomic E-state index is -0.0560. The molecular formula is C23H20N2O2.